The largest absolute Gasteiger partial charge is 0.481 e. The maximum absolute atomic E-state index is 11.6. The van der Waals surface area contributed by atoms with Gasteiger partial charge in [0.05, 0.1) is 6.42 Å². The highest BCUT2D eigenvalue weighted by Crippen LogP contribution is 2.36. The van der Waals surface area contributed by atoms with E-state index in [1.54, 1.807) is 0 Å². The van der Waals surface area contributed by atoms with Crippen molar-refractivity contribution in [2.75, 3.05) is 6.54 Å². The molecular weight excluding hydrogens is 220 g/mol. The van der Waals surface area contributed by atoms with E-state index in [4.69, 9.17) is 5.11 Å². The number of nitrogens with one attached hydrogen (secondary N) is 2. The molecule has 17 heavy (non-hydrogen) atoms. The molecule has 3 N–H and O–H groups in total. The van der Waals surface area contributed by atoms with Gasteiger partial charge in [0.15, 0.2) is 0 Å². The number of carboxylic acid groups (broad SMARTS) is 1. The van der Waals surface area contributed by atoms with Crippen LogP contribution in [0, 0.1) is 17.8 Å². The number of rotatable bonds is 6. The molecule has 0 heterocycles. The molecule has 5 nitrogen and oxygen atoms in total. The van der Waals surface area contributed by atoms with Gasteiger partial charge in [0, 0.05) is 12.6 Å². The lowest BCUT2D eigenvalue weighted by molar-refractivity contribution is -0.137. The minimum atomic E-state index is -0.889. The molecule has 0 bridgehead atoms. The highest BCUT2D eigenvalue weighted by molar-refractivity contribution is 5.75. The van der Waals surface area contributed by atoms with Crippen LogP contribution in [0.15, 0.2) is 0 Å². The molecule has 1 fully saturated rings. The van der Waals surface area contributed by atoms with Crippen molar-refractivity contribution < 1.29 is 14.7 Å². The first-order valence-electron chi connectivity index (χ1n) is 6.16. The van der Waals surface area contributed by atoms with Crippen LogP contribution in [0.1, 0.15) is 33.6 Å². The van der Waals surface area contributed by atoms with E-state index in [9.17, 15) is 9.59 Å². The first-order chi connectivity index (χ1) is 7.90. The number of amides is 2. The molecule has 3 unspecified atom stereocenters. The van der Waals surface area contributed by atoms with E-state index in [0.29, 0.717) is 18.4 Å². The van der Waals surface area contributed by atoms with Crippen LogP contribution in [-0.2, 0) is 4.79 Å². The average molecular weight is 242 g/mol. The Morgan fingerprint density at radius 1 is 1.41 bits per heavy atom. The van der Waals surface area contributed by atoms with Crippen molar-refractivity contribution in [2.45, 2.75) is 39.7 Å². The van der Waals surface area contributed by atoms with Crippen LogP contribution in [-0.4, -0.2) is 29.7 Å². The Hall–Kier alpha value is -1.26. The van der Waals surface area contributed by atoms with E-state index >= 15 is 0 Å². The van der Waals surface area contributed by atoms with Crippen molar-refractivity contribution >= 4 is 12.0 Å². The molecule has 2 amide bonds. The Balaban J connectivity index is 2.27. The predicted octanol–water partition coefficient (Wildman–Crippen LogP) is 1.44. The zero-order chi connectivity index (χ0) is 13.0. The van der Waals surface area contributed by atoms with Crippen molar-refractivity contribution in [3.8, 4) is 0 Å². The highest BCUT2D eigenvalue weighted by Gasteiger charge is 2.32. The van der Waals surface area contributed by atoms with Gasteiger partial charge < -0.3 is 15.7 Å². The normalized spacial score (nSPS) is 24.2. The fourth-order valence-corrected chi connectivity index (χ4v) is 1.77. The van der Waals surface area contributed by atoms with Gasteiger partial charge in [-0.25, -0.2) is 4.79 Å². The molecule has 0 aromatic rings. The molecule has 0 saturated heterocycles. The number of hydrogen-bond acceptors (Lipinski definition) is 2. The van der Waals surface area contributed by atoms with E-state index in [2.05, 4.69) is 17.6 Å². The molecule has 1 rings (SSSR count). The Morgan fingerprint density at radius 2 is 2.00 bits per heavy atom. The van der Waals surface area contributed by atoms with E-state index in [1.165, 1.54) is 6.42 Å². The topological polar surface area (TPSA) is 78.4 Å². The van der Waals surface area contributed by atoms with E-state index in [1.807, 2.05) is 13.8 Å². The molecule has 1 aliphatic rings. The van der Waals surface area contributed by atoms with Crippen molar-refractivity contribution in [1.82, 2.24) is 10.6 Å². The summed E-state index contributed by atoms with van der Waals surface area (Å²) in [6, 6.07) is -0.576. The van der Waals surface area contributed by atoms with Crippen LogP contribution >= 0.6 is 0 Å². The van der Waals surface area contributed by atoms with Crippen LogP contribution in [0.2, 0.25) is 0 Å². The van der Waals surface area contributed by atoms with Crippen LogP contribution in [0.3, 0.4) is 0 Å². The second-order valence-corrected chi connectivity index (χ2v) is 5.28. The number of hydrogen-bond donors (Lipinski definition) is 3. The monoisotopic (exact) mass is 242 g/mol. The summed E-state index contributed by atoms with van der Waals surface area (Å²) in [5, 5.41) is 14.2. The first-order valence-corrected chi connectivity index (χ1v) is 6.16. The quantitative estimate of drug-likeness (QED) is 0.659. The fraction of sp³-hybridized carbons (Fsp3) is 0.833. The molecule has 0 spiro atoms. The fourth-order valence-electron chi connectivity index (χ4n) is 1.77. The molecular formula is C12H22N2O3. The summed E-state index contributed by atoms with van der Waals surface area (Å²) in [6.45, 7) is 6.64. The molecule has 0 radical (unpaired) electrons. The van der Waals surface area contributed by atoms with Crippen LogP contribution in [0.5, 0.6) is 0 Å². The summed E-state index contributed by atoms with van der Waals surface area (Å²) in [5.74, 6) is 0.518. The standard InChI is InChI=1S/C12H22N2O3/c1-7(2)10(5-11(15)16)14-12(17)13-6-9-4-8(9)3/h7-10H,4-6H2,1-3H3,(H,15,16)(H2,13,14,17). The first kappa shape index (κ1) is 13.8. The van der Waals surface area contributed by atoms with Gasteiger partial charge in [-0.2, -0.15) is 0 Å². The van der Waals surface area contributed by atoms with E-state index in [-0.39, 0.29) is 24.4 Å². The number of carbonyl (C=O) groups excluding carboxylic acids is 1. The van der Waals surface area contributed by atoms with Gasteiger partial charge in [-0.1, -0.05) is 20.8 Å². The SMILES string of the molecule is CC(C)C(CC(=O)O)NC(=O)NCC1CC1C. The van der Waals surface area contributed by atoms with Crippen molar-refractivity contribution in [1.29, 1.82) is 0 Å². The molecule has 0 aromatic heterocycles. The highest BCUT2D eigenvalue weighted by atomic mass is 16.4. The second kappa shape index (κ2) is 5.89. The Kier molecular flexibility index (Phi) is 4.78. The molecule has 1 saturated carbocycles. The van der Waals surface area contributed by atoms with Gasteiger partial charge in [0.25, 0.3) is 0 Å². The zero-order valence-electron chi connectivity index (χ0n) is 10.7. The molecule has 98 valence electrons. The molecule has 0 aliphatic heterocycles. The third-order valence-electron chi connectivity index (χ3n) is 3.32. The summed E-state index contributed by atoms with van der Waals surface area (Å²) >= 11 is 0. The zero-order valence-corrected chi connectivity index (χ0v) is 10.7. The lowest BCUT2D eigenvalue weighted by atomic mass is 10.0. The third-order valence-corrected chi connectivity index (χ3v) is 3.32. The van der Waals surface area contributed by atoms with Crippen molar-refractivity contribution in [2.24, 2.45) is 17.8 Å². The second-order valence-electron chi connectivity index (χ2n) is 5.28. The maximum atomic E-state index is 11.6. The Bertz CT molecular complexity index is 291. The third kappa shape index (κ3) is 5.06. The summed E-state index contributed by atoms with van der Waals surface area (Å²) in [7, 11) is 0. The maximum Gasteiger partial charge on any atom is 0.315 e. The van der Waals surface area contributed by atoms with Gasteiger partial charge >= 0.3 is 12.0 Å². The molecule has 0 aromatic carbocycles. The number of urea groups is 1. The van der Waals surface area contributed by atoms with Gasteiger partial charge in [-0.05, 0) is 24.2 Å². The Labute approximate surface area is 102 Å². The summed E-state index contributed by atoms with van der Waals surface area (Å²) in [5.41, 5.74) is 0. The average Bonchev–Trinajstić information content (AvgIpc) is 2.90. The predicted molar refractivity (Wildman–Crippen MR) is 64.7 cm³/mol. The number of carboxylic acids is 1. The lowest BCUT2D eigenvalue weighted by Gasteiger charge is -2.20. The van der Waals surface area contributed by atoms with Crippen LogP contribution < -0.4 is 10.6 Å². The number of aliphatic carboxylic acids is 1. The van der Waals surface area contributed by atoms with E-state index in [0.717, 1.165) is 0 Å². The molecule has 5 heteroatoms. The van der Waals surface area contributed by atoms with Gasteiger partial charge in [-0.3, -0.25) is 4.79 Å². The van der Waals surface area contributed by atoms with Gasteiger partial charge in [-0.15, -0.1) is 0 Å². The van der Waals surface area contributed by atoms with Gasteiger partial charge in [0.2, 0.25) is 0 Å². The van der Waals surface area contributed by atoms with Crippen molar-refractivity contribution in [3.05, 3.63) is 0 Å². The van der Waals surface area contributed by atoms with Crippen molar-refractivity contribution in [3.63, 3.8) is 0 Å². The van der Waals surface area contributed by atoms with Gasteiger partial charge in [0.1, 0.15) is 0 Å². The minimum Gasteiger partial charge on any atom is -0.481 e. The summed E-state index contributed by atoms with van der Waals surface area (Å²) in [4.78, 5) is 22.2. The minimum absolute atomic E-state index is 0.0368. The Morgan fingerprint density at radius 3 is 2.41 bits per heavy atom. The molecule has 1 aliphatic carbocycles. The smallest absolute Gasteiger partial charge is 0.315 e. The number of carbonyl (C=O) groups is 2. The van der Waals surface area contributed by atoms with Crippen LogP contribution in [0.4, 0.5) is 4.79 Å². The molecule has 3 atom stereocenters. The lowest BCUT2D eigenvalue weighted by Crippen LogP contribution is -2.46. The van der Waals surface area contributed by atoms with Crippen LogP contribution in [0.25, 0.3) is 0 Å². The summed E-state index contributed by atoms with van der Waals surface area (Å²) in [6.07, 6.45) is 1.13. The van der Waals surface area contributed by atoms with E-state index < -0.39 is 5.97 Å². The summed E-state index contributed by atoms with van der Waals surface area (Å²) < 4.78 is 0.